The van der Waals surface area contributed by atoms with Gasteiger partial charge in [-0.2, -0.15) is 0 Å². The van der Waals surface area contributed by atoms with Crippen LogP contribution >= 0.6 is 0 Å². The molecule has 1 saturated carbocycles. The van der Waals surface area contributed by atoms with Gasteiger partial charge in [-0.25, -0.2) is 0 Å². The summed E-state index contributed by atoms with van der Waals surface area (Å²) in [5.74, 6) is 1.88. The average Bonchev–Trinajstić information content (AvgIpc) is 3.14. The Morgan fingerprint density at radius 1 is 1.35 bits per heavy atom. The summed E-state index contributed by atoms with van der Waals surface area (Å²) in [7, 11) is 0. The van der Waals surface area contributed by atoms with Gasteiger partial charge in [-0.15, -0.1) is 0 Å². The molecule has 0 aliphatic heterocycles. The van der Waals surface area contributed by atoms with Crippen LogP contribution in [0.15, 0.2) is 42.0 Å². The van der Waals surface area contributed by atoms with Crippen LogP contribution in [0.1, 0.15) is 32.8 Å². The fourth-order valence-electron chi connectivity index (χ4n) is 2.46. The fourth-order valence-corrected chi connectivity index (χ4v) is 2.46. The van der Waals surface area contributed by atoms with Crippen molar-refractivity contribution in [2.75, 3.05) is 6.54 Å². The molecule has 0 heterocycles. The molecule has 1 fully saturated rings. The first kappa shape index (κ1) is 14.8. The first-order chi connectivity index (χ1) is 9.56. The van der Waals surface area contributed by atoms with Crippen LogP contribution in [0.3, 0.4) is 0 Å². The van der Waals surface area contributed by atoms with E-state index in [1.807, 2.05) is 6.92 Å². The van der Waals surface area contributed by atoms with Gasteiger partial charge >= 0.3 is 0 Å². The SMILES string of the molecule is C/C(=C\C1CC1Cc1ccccc1)C(=O)NCC(C)C. The van der Waals surface area contributed by atoms with E-state index in [4.69, 9.17) is 0 Å². The van der Waals surface area contributed by atoms with E-state index < -0.39 is 0 Å². The minimum Gasteiger partial charge on any atom is -0.352 e. The maximum atomic E-state index is 11.9. The molecular formula is C18H25NO. The third-order valence-corrected chi connectivity index (χ3v) is 3.81. The highest BCUT2D eigenvalue weighted by molar-refractivity contribution is 5.92. The molecule has 0 saturated heterocycles. The number of amides is 1. The average molecular weight is 271 g/mol. The summed E-state index contributed by atoms with van der Waals surface area (Å²) in [6, 6.07) is 10.6. The second kappa shape index (κ2) is 6.74. The molecule has 1 aliphatic carbocycles. The second-order valence-electron chi connectivity index (χ2n) is 6.30. The number of nitrogens with one attached hydrogen (secondary N) is 1. The quantitative estimate of drug-likeness (QED) is 0.787. The summed E-state index contributed by atoms with van der Waals surface area (Å²) < 4.78 is 0. The molecule has 108 valence electrons. The van der Waals surface area contributed by atoms with Crippen LogP contribution in [0.4, 0.5) is 0 Å². The van der Waals surface area contributed by atoms with E-state index in [0.29, 0.717) is 17.8 Å². The van der Waals surface area contributed by atoms with E-state index in [1.54, 1.807) is 0 Å². The zero-order chi connectivity index (χ0) is 14.5. The van der Waals surface area contributed by atoms with E-state index in [9.17, 15) is 4.79 Å². The van der Waals surface area contributed by atoms with Gasteiger partial charge in [-0.05, 0) is 43.1 Å². The van der Waals surface area contributed by atoms with Crippen LogP contribution in [-0.4, -0.2) is 12.5 Å². The normalized spacial score (nSPS) is 21.9. The number of carbonyl (C=O) groups excluding carboxylic acids is 1. The highest BCUT2D eigenvalue weighted by atomic mass is 16.1. The lowest BCUT2D eigenvalue weighted by molar-refractivity contribution is -0.117. The third-order valence-electron chi connectivity index (χ3n) is 3.81. The van der Waals surface area contributed by atoms with Crippen LogP contribution in [0, 0.1) is 17.8 Å². The van der Waals surface area contributed by atoms with Crippen molar-refractivity contribution in [2.45, 2.75) is 33.6 Å². The molecule has 1 aromatic rings. The largest absolute Gasteiger partial charge is 0.352 e. The zero-order valence-corrected chi connectivity index (χ0v) is 12.7. The molecule has 0 bridgehead atoms. The van der Waals surface area contributed by atoms with E-state index in [2.05, 4.69) is 55.6 Å². The summed E-state index contributed by atoms with van der Waals surface area (Å²) in [6.07, 6.45) is 4.50. The standard InChI is InChI=1S/C18H25NO/c1-13(2)12-19-18(20)14(3)9-16-11-17(16)10-15-7-5-4-6-8-15/h4-9,13,16-17H,10-12H2,1-3H3,(H,19,20)/b14-9+. The maximum absolute atomic E-state index is 11.9. The maximum Gasteiger partial charge on any atom is 0.246 e. The van der Waals surface area contributed by atoms with E-state index in [-0.39, 0.29) is 5.91 Å². The predicted molar refractivity (Wildman–Crippen MR) is 83.3 cm³/mol. The summed E-state index contributed by atoms with van der Waals surface area (Å²) in [5.41, 5.74) is 2.27. The van der Waals surface area contributed by atoms with Gasteiger partial charge in [-0.3, -0.25) is 4.79 Å². The Labute approximate surface area is 122 Å². The Bertz CT molecular complexity index is 475. The van der Waals surface area contributed by atoms with Crippen LogP contribution in [0.25, 0.3) is 0 Å². The number of hydrogen-bond acceptors (Lipinski definition) is 1. The Balaban J connectivity index is 1.80. The van der Waals surface area contributed by atoms with Gasteiger partial charge in [0.15, 0.2) is 0 Å². The number of allylic oxidation sites excluding steroid dienone is 1. The molecule has 1 aromatic carbocycles. The summed E-state index contributed by atoms with van der Waals surface area (Å²) in [5, 5.41) is 2.97. The predicted octanol–water partition coefficient (Wildman–Crippen LogP) is 3.58. The highest BCUT2D eigenvalue weighted by Crippen LogP contribution is 2.42. The van der Waals surface area contributed by atoms with Gasteiger partial charge < -0.3 is 5.32 Å². The Morgan fingerprint density at radius 2 is 2.05 bits per heavy atom. The number of hydrogen-bond donors (Lipinski definition) is 1. The van der Waals surface area contributed by atoms with Crippen molar-refractivity contribution < 1.29 is 4.79 Å². The fraction of sp³-hybridized carbons (Fsp3) is 0.500. The van der Waals surface area contributed by atoms with Crippen molar-refractivity contribution in [3.63, 3.8) is 0 Å². The van der Waals surface area contributed by atoms with E-state index in [0.717, 1.165) is 18.5 Å². The molecule has 20 heavy (non-hydrogen) atoms. The van der Waals surface area contributed by atoms with Gasteiger partial charge in [0.05, 0.1) is 0 Å². The molecule has 1 amide bonds. The molecule has 1 N–H and O–H groups in total. The summed E-state index contributed by atoms with van der Waals surface area (Å²) in [6.45, 7) is 6.89. The molecule has 0 radical (unpaired) electrons. The highest BCUT2D eigenvalue weighted by Gasteiger charge is 2.35. The monoisotopic (exact) mass is 271 g/mol. The Hall–Kier alpha value is -1.57. The molecule has 2 nitrogen and oxygen atoms in total. The van der Waals surface area contributed by atoms with Crippen molar-refractivity contribution in [1.82, 2.24) is 5.32 Å². The van der Waals surface area contributed by atoms with Crippen LogP contribution in [-0.2, 0) is 11.2 Å². The van der Waals surface area contributed by atoms with Crippen molar-refractivity contribution in [2.24, 2.45) is 17.8 Å². The molecule has 2 heteroatoms. The molecule has 1 aliphatic rings. The number of benzene rings is 1. The van der Waals surface area contributed by atoms with E-state index >= 15 is 0 Å². The van der Waals surface area contributed by atoms with Gasteiger partial charge in [0.1, 0.15) is 0 Å². The van der Waals surface area contributed by atoms with Crippen molar-refractivity contribution in [3.8, 4) is 0 Å². The lowest BCUT2D eigenvalue weighted by Gasteiger charge is -2.07. The molecular weight excluding hydrogens is 246 g/mol. The second-order valence-corrected chi connectivity index (χ2v) is 6.30. The van der Waals surface area contributed by atoms with Crippen molar-refractivity contribution >= 4 is 5.91 Å². The topological polar surface area (TPSA) is 29.1 Å². The van der Waals surface area contributed by atoms with Crippen LogP contribution < -0.4 is 5.32 Å². The smallest absolute Gasteiger partial charge is 0.246 e. The first-order valence-corrected chi connectivity index (χ1v) is 7.56. The summed E-state index contributed by atoms with van der Waals surface area (Å²) >= 11 is 0. The minimum absolute atomic E-state index is 0.0871. The Morgan fingerprint density at radius 3 is 2.70 bits per heavy atom. The van der Waals surface area contributed by atoms with Crippen LogP contribution in [0.2, 0.25) is 0 Å². The molecule has 2 rings (SSSR count). The van der Waals surface area contributed by atoms with E-state index in [1.165, 1.54) is 12.0 Å². The number of rotatable bonds is 6. The van der Waals surface area contributed by atoms with Gasteiger partial charge in [0.25, 0.3) is 0 Å². The first-order valence-electron chi connectivity index (χ1n) is 7.56. The van der Waals surface area contributed by atoms with Gasteiger partial charge in [0, 0.05) is 12.1 Å². The molecule has 0 spiro atoms. The lowest BCUT2D eigenvalue weighted by atomic mass is 10.1. The van der Waals surface area contributed by atoms with Crippen molar-refractivity contribution in [3.05, 3.63) is 47.5 Å². The molecule has 2 unspecified atom stereocenters. The zero-order valence-electron chi connectivity index (χ0n) is 12.7. The Kier molecular flexibility index (Phi) is 4.99. The van der Waals surface area contributed by atoms with Gasteiger partial charge in [-0.1, -0.05) is 50.3 Å². The minimum atomic E-state index is 0.0871. The van der Waals surface area contributed by atoms with Gasteiger partial charge in [0.2, 0.25) is 5.91 Å². The summed E-state index contributed by atoms with van der Waals surface area (Å²) in [4.78, 5) is 11.9. The third kappa shape index (κ3) is 4.52. The lowest BCUT2D eigenvalue weighted by Crippen LogP contribution is -2.27. The van der Waals surface area contributed by atoms with Crippen molar-refractivity contribution in [1.29, 1.82) is 0 Å². The molecule has 2 atom stereocenters. The van der Waals surface area contributed by atoms with Crippen LogP contribution in [0.5, 0.6) is 0 Å². The molecule has 0 aromatic heterocycles. The number of carbonyl (C=O) groups is 1.